The summed E-state index contributed by atoms with van der Waals surface area (Å²) in [4.78, 5) is 27.7. The molecule has 1 saturated carbocycles. The van der Waals surface area contributed by atoms with E-state index in [9.17, 15) is 14.0 Å². The normalized spacial score (nSPS) is 21.8. The van der Waals surface area contributed by atoms with Crippen LogP contribution in [-0.4, -0.2) is 49.1 Å². The smallest absolute Gasteiger partial charge is 0.254 e. The molecule has 1 N–H and O–H groups in total. The second-order valence-electron chi connectivity index (χ2n) is 8.54. The van der Waals surface area contributed by atoms with Crippen molar-refractivity contribution in [3.63, 3.8) is 0 Å². The third-order valence-electron chi connectivity index (χ3n) is 6.46. The molecular weight excluding hydrogens is 395 g/mol. The zero-order valence-electron chi connectivity index (χ0n) is 17.9. The largest absolute Gasteiger partial charge is 0.361 e. The number of likely N-dealkylation sites (N-methyl/N-ethyl adjacent to an activating group) is 1. The highest BCUT2D eigenvalue weighted by atomic mass is 19.1. The summed E-state index contributed by atoms with van der Waals surface area (Å²) in [5.74, 6) is -0.241. The summed E-state index contributed by atoms with van der Waals surface area (Å²) < 4.78 is 19.2. The number of carbonyl (C=O) groups excluding carboxylic acids is 2. The average molecular weight is 425 g/mol. The fraction of sp³-hybridized carbons (Fsp3) is 0.440. The molecule has 2 aliphatic rings. The van der Waals surface area contributed by atoms with Crippen LogP contribution in [0.5, 0.6) is 0 Å². The van der Waals surface area contributed by atoms with E-state index in [2.05, 4.69) is 5.32 Å². The summed E-state index contributed by atoms with van der Waals surface area (Å²) in [5.41, 5.74) is 1.75. The van der Waals surface area contributed by atoms with E-state index >= 15 is 0 Å². The Bertz CT molecular complexity index is 923. The number of amides is 2. The average Bonchev–Trinajstić information content (AvgIpc) is 3.34. The maximum Gasteiger partial charge on any atom is 0.254 e. The molecule has 1 saturated heterocycles. The van der Waals surface area contributed by atoms with Gasteiger partial charge < -0.3 is 15.0 Å². The van der Waals surface area contributed by atoms with Crippen LogP contribution in [0.25, 0.3) is 11.1 Å². The molecule has 0 spiro atoms. The molecule has 1 aliphatic carbocycles. The number of halogens is 1. The van der Waals surface area contributed by atoms with E-state index in [1.807, 2.05) is 29.2 Å². The van der Waals surface area contributed by atoms with E-state index in [1.165, 1.54) is 12.1 Å². The predicted molar refractivity (Wildman–Crippen MR) is 117 cm³/mol. The maximum atomic E-state index is 13.2. The summed E-state index contributed by atoms with van der Waals surface area (Å²) in [6.45, 7) is 1.14. The van der Waals surface area contributed by atoms with Crippen molar-refractivity contribution in [2.45, 2.75) is 37.7 Å². The first-order valence-corrected chi connectivity index (χ1v) is 11.0. The van der Waals surface area contributed by atoms with Crippen molar-refractivity contribution in [2.75, 3.05) is 26.7 Å². The molecule has 4 rings (SSSR count). The molecular formula is C25H29FN2O3. The Morgan fingerprint density at radius 1 is 1.06 bits per heavy atom. The number of nitrogens with one attached hydrogen (secondary N) is 1. The predicted octanol–water partition coefficient (Wildman–Crippen LogP) is 3.57. The Labute approximate surface area is 182 Å². The highest BCUT2D eigenvalue weighted by Crippen LogP contribution is 2.30. The van der Waals surface area contributed by atoms with E-state index in [4.69, 9.17) is 4.74 Å². The van der Waals surface area contributed by atoms with Crippen LogP contribution in [-0.2, 0) is 20.7 Å². The molecule has 2 aromatic rings. The van der Waals surface area contributed by atoms with Crippen molar-refractivity contribution in [3.8, 4) is 11.1 Å². The number of nitrogens with zero attached hydrogens (tertiary/aromatic N) is 1. The fourth-order valence-electron chi connectivity index (χ4n) is 4.74. The van der Waals surface area contributed by atoms with Crippen LogP contribution in [0.15, 0.2) is 48.5 Å². The van der Waals surface area contributed by atoms with Crippen LogP contribution < -0.4 is 5.32 Å². The topological polar surface area (TPSA) is 58.6 Å². The molecule has 1 heterocycles. The molecule has 2 fully saturated rings. The van der Waals surface area contributed by atoms with Gasteiger partial charge in [-0.25, -0.2) is 4.39 Å². The minimum absolute atomic E-state index is 0.0791. The first-order chi connectivity index (χ1) is 15.0. The molecule has 0 unspecified atom stereocenters. The molecule has 1 atom stereocenters. The molecule has 164 valence electrons. The monoisotopic (exact) mass is 424 g/mol. The summed E-state index contributed by atoms with van der Waals surface area (Å²) in [6.07, 6.45) is 4.45. The Morgan fingerprint density at radius 2 is 1.68 bits per heavy atom. The van der Waals surface area contributed by atoms with Crippen molar-refractivity contribution in [1.82, 2.24) is 10.2 Å². The zero-order valence-corrected chi connectivity index (χ0v) is 17.9. The highest BCUT2D eigenvalue weighted by molar-refractivity contribution is 5.87. The first-order valence-electron chi connectivity index (χ1n) is 11.0. The van der Waals surface area contributed by atoms with Gasteiger partial charge in [0.1, 0.15) is 5.82 Å². The highest BCUT2D eigenvalue weighted by Gasteiger charge is 2.45. The molecule has 31 heavy (non-hydrogen) atoms. The van der Waals surface area contributed by atoms with Gasteiger partial charge in [-0.05, 0) is 41.7 Å². The SMILES string of the molecule is CNC(=O)[C@@]1(Cc2ccc(-c3ccc(F)cc3)cc2)CN(C(=O)C2CCCC2)CCO1. The van der Waals surface area contributed by atoms with Crippen molar-refractivity contribution < 1.29 is 18.7 Å². The fourth-order valence-corrected chi connectivity index (χ4v) is 4.74. The van der Waals surface area contributed by atoms with Crippen molar-refractivity contribution in [3.05, 3.63) is 59.9 Å². The number of hydrogen-bond donors (Lipinski definition) is 1. The van der Waals surface area contributed by atoms with Crippen LogP contribution in [0.3, 0.4) is 0 Å². The molecule has 0 aromatic heterocycles. The van der Waals surface area contributed by atoms with Gasteiger partial charge in [-0.3, -0.25) is 9.59 Å². The summed E-state index contributed by atoms with van der Waals surface area (Å²) in [5, 5.41) is 2.73. The second-order valence-corrected chi connectivity index (χ2v) is 8.54. The molecule has 2 amide bonds. The molecule has 0 radical (unpaired) electrons. The molecule has 1 aliphatic heterocycles. The van der Waals surface area contributed by atoms with Gasteiger partial charge in [0, 0.05) is 25.9 Å². The molecule has 0 bridgehead atoms. The Balaban J connectivity index is 1.53. The quantitative estimate of drug-likeness (QED) is 0.798. The molecule has 5 nitrogen and oxygen atoms in total. The van der Waals surface area contributed by atoms with Crippen molar-refractivity contribution in [2.24, 2.45) is 5.92 Å². The molecule has 6 heteroatoms. The zero-order chi connectivity index (χ0) is 21.8. The Morgan fingerprint density at radius 3 is 2.29 bits per heavy atom. The minimum Gasteiger partial charge on any atom is -0.361 e. The minimum atomic E-state index is -1.10. The number of morpholine rings is 1. The Kier molecular flexibility index (Phi) is 6.37. The van der Waals surface area contributed by atoms with Gasteiger partial charge >= 0.3 is 0 Å². The second kappa shape index (κ2) is 9.18. The molecule has 2 aromatic carbocycles. The van der Waals surface area contributed by atoms with Gasteiger partial charge in [0.15, 0.2) is 5.60 Å². The summed E-state index contributed by atoms with van der Waals surface area (Å²) >= 11 is 0. The number of rotatable bonds is 5. The third-order valence-corrected chi connectivity index (χ3v) is 6.46. The van der Waals surface area contributed by atoms with E-state index in [-0.39, 0.29) is 30.1 Å². The lowest BCUT2D eigenvalue weighted by Gasteiger charge is -2.42. The van der Waals surface area contributed by atoms with Crippen LogP contribution in [0.2, 0.25) is 0 Å². The lowest BCUT2D eigenvalue weighted by Crippen LogP contribution is -2.62. The number of carbonyl (C=O) groups is 2. The maximum absolute atomic E-state index is 13.2. The van der Waals surface area contributed by atoms with Crippen LogP contribution >= 0.6 is 0 Å². The summed E-state index contributed by atoms with van der Waals surface area (Å²) in [6, 6.07) is 14.2. The first kappa shape index (κ1) is 21.5. The number of benzene rings is 2. The Hall–Kier alpha value is -2.73. The van der Waals surface area contributed by atoms with Crippen molar-refractivity contribution in [1.29, 1.82) is 0 Å². The van der Waals surface area contributed by atoms with Gasteiger partial charge in [0.2, 0.25) is 5.91 Å². The lowest BCUT2D eigenvalue weighted by atomic mass is 9.90. The van der Waals surface area contributed by atoms with E-state index < -0.39 is 5.60 Å². The van der Waals surface area contributed by atoms with E-state index in [0.29, 0.717) is 19.6 Å². The number of hydrogen-bond acceptors (Lipinski definition) is 3. The van der Waals surface area contributed by atoms with Crippen LogP contribution in [0.1, 0.15) is 31.2 Å². The number of ether oxygens (including phenoxy) is 1. The van der Waals surface area contributed by atoms with Crippen LogP contribution in [0, 0.1) is 11.7 Å². The van der Waals surface area contributed by atoms with E-state index in [1.54, 1.807) is 19.2 Å². The standard InChI is InChI=1S/C25H29FN2O3/c1-27-24(30)25(17-28(14-15-31-25)23(29)21-4-2-3-5-21)16-18-6-8-19(9-7-18)20-10-12-22(26)13-11-20/h6-13,21H,2-5,14-17H2,1H3,(H,27,30)/t25-/m1/s1. The van der Waals surface area contributed by atoms with Gasteiger partial charge in [0.25, 0.3) is 5.91 Å². The van der Waals surface area contributed by atoms with Crippen LogP contribution in [0.4, 0.5) is 4.39 Å². The third kappa shape index (κ3) is 4.64. The van der Waals surface area contributed by atoms with Crippen molar-refractivity contribution >= 4 is 11.8 Å². The lowest BCUT2D eigenvalue weighted by molar-refractivity contribution is -0.167. The van der Waals surface area contributed by atoms with Gasteiger partial charge in [-0.15, -0.1) is 0 Å². The van der Waals surface area contributed by atoms with E-state index in [0.717, 1.165) is 42.4 Å². The summed E-state index contributed by atoms with van der Waals surface area (Å²) in [7, 11) is 1.60. The van der Waals surface area contributed by atoms with Gasteiger partial charge in [0.05, 0.1) is 13.2 Å². The van der Waals surface area contributed by atoms with Gasteiger partial charge in [-0.2, -0.15) is 0 Å². The van der Waals surface area contributed by atoms with Gasteiger partial charge in [-0.1, -0.05) is 49.2 Å².